The Morgan fingerprint density at radius 2 is 1.54 bits per heavy atom. The van der Waals surface area contributed by atoms with Gasteiger partial charge in [0.05, 0.1) is 10.6 Å². The van der Waals surface area contributed by atoms with Gasteiger partial charge < -0.3 is 10.2 Å². The molecule has 3 rings (SSSR count). The second-order valence-electron chi connectivity index (χ2n) is 8.06. The molecule has 0 saturated heterocycles. The second-order valence-corrected chi connectivity index (χ2v) is 10.7. The minimum absolute atomic E-state index is 0.0498. The van der Waals surface area contributed by atoms with Crippen molar-refractivity contribution in [2.75, 3.05) is 17.9 Å². The molecule has 11 heteroatoms. The fraction of sp³-hybridized carbons (Fsp3) is 0.231. The number of amides is 2. The lowest BCUT2D eigenvalue weighted by Gasteiger charge is -2.33. The van der Waals surface area contributed by atoms with E-state index in [2.05, 4.69) is 5.32 Å². The van der Waals surface area contributed by atoms with Crippen LogP contribution < -0.4 is 9.62 Å². The van der Waals surface area contributed by atoms with Crippen LogP contribution in [0.15, 0.2) is 77.7 Å². The number of anilines is 1. The summed E-state index contributed by atoms with van der Waals surface area (Å²) in [6, 6.07) is 16.3. The van der Waals surface area contributed by atoms with Crippen molar-refractivity contribution in [1.29, 1.82) is 0 Å². The molecule has 1 atom stereocenters. The van der Waals surface area contributed by atoms with E-state index in [1.807, 2.05) is 0 Å². The average molecular weight is 566 g/mol. The van der Waals surface area contributed by atoms with Crippen molar-refractivity contribution >= 4 is 50.7 Å². The predicted octanol–water partition coefficient (Wildman–Crippen LogP) is 4.88. The molecule has 2 amide bonds. The summed E-state index contributed by atoms with van der Waals surface area (Å²) >= 11 is 12.7. The van der Waals surface area contributed by atoms with Gasteiger partial charge in [-0.05, 0) is 55.0 Å². The molecule has 1 N–H and O–H groups in total. The molecular formula is C26H26Cl2FN3O4S. The summed E-state index contributed by atoms with van der Waals surface area (Å²) in [6.07, 6.45) is 0.246. The highest BCUT2D eigenvalue weighted by Crippen LogP contribution is 2.28. The summed E-state index contributed by atoms with van der Waals surface area (Å²) in [7, 11) is -2.79. The molecule has 0 bridgehead atoms. The molecule has 0 aliphatic rings. The van der Waals surface area contributed by atoms with E-state index in [4.69, 9.17) is 23.2 Å². The fourth-order valence-electron chi connectivity index (χ4n) is 3.80. The molecule has 0 unspecified atom stereocenters. The summed E-state index contributed by atoms with van der Waals surface area (Å²) in [6.45, 7) is 0.942. The minimum Gasteiger partial charge on any atom is -0.357 e. The van der Waals surface area contributed by atoms with Crippen molar-refractivity contribution in [2.24, 2.45) is 0 Å². The monoisotopic (exact) mass is 565 g/mol. The maximum Gasteiger partial charge on any atom is 0.264 e. The third kappa shape index (κ3) is 6.60. The number of sulfonamides is 1. The largest absolute Gasteiger partial charge is 0.357 e. The van der Waals surface area contributed by atoms with Gasteiger partial charge in [0.15, 0.2) is 0 Å². The first kappa shape index (κ1) is 28.4. The Kier molecular flexibility index (Phi) is 9.53. The number of nitrogens with zero attached hydrogens (tertiary/aromatic N) is 2. The molecule has 0 aliphatic carbocycles. The first-order chi connectivity index (χ1) is 17.6. The van der Waals surface area contributed by atoms with Gasteiger partial charge in [-0.2, -0.15) is 0 Å². The van der Waals surface area contributed by atoms with Crippen LogP contribution in [0.5, 0.6) is 0 Å². The maximum atomic E-state index is 13.8. The molecule has 0 saturated carbocycles. The molecule has 3 aromatic rings. The molecule has 0 spiro atoms. The maximum absolute atomic E-state index is 13.8. The molecule has 196 valence electrons. The molecule has 3 aromatic carbocycles. The molecule has 0 radical (unpaired) electrons. The third-order valence-electron chi connectivity index (χ3n) is 5.75. The van der Waals surface area contributed by atoms with Gasteiger partial charge in [0.2, 0.25) is 11.8 Å². The zero-order valence-electron chi connectivity index (χ0n) is 20.2. The number of likely N-dealkylation sites (N-methyl/N-ethyl adjacent to an activating group) is 1. The topological polar surface area (TPSA) is 86.8 Å². The predicted molar refractivity (Wildman–Crippen MR) is 143 cm³/mol. The van der Waals surface area contributed by atoms with E-state index in [9.17, 15) is 22.4 Å². The van der Waals surface area contributed by atoms with E-state index in [0.717, 1.165) is 16.4 Å². The van der Waals surface area contributed by atoms with Crippen molar-refractivity contribution in [3.05, 3.63) is 94.2 Å². The lowest BCUT2D eigenvalue weighted by atomic mass is 10.1. The zero-order valence-corrected chi connectivity index (χ0v) is 22.5. The van der Waals surface area contributed by atoms with Gasteiger partial charge in [-0.25, -0.2) is 12.8 Å². The van der Waals surface area contributed by atoms with Crippen LogP contribution in [-0.2, 0) is 26.2 Å². The number of nitrogens with one attached hydrogen (secondary N) is 1. The summed E-state index contributed by atoms with van der Waals surface area (Å²) < 4.78 is 41.8. The Morgan fingerprint density at radius 1 is 0.946 bits per heavy atom. The van der Waals surface area contributed by atoms with E-state index in [1.165, 1.54) is 36.2 Å². The molecule has 0 fully saturated rings. The van der Waals surface area contributed by atoms with E-state index < -0.39 is 40.2 Å². The summed E-state index contributed by atoms with van der Waals surface area (Å²) in [5.74, 6) is -1.67. The van der Waals surface area contributed by atoms with Gasteiger partial charge in [-0.3, -0.25) is 13.9 Å². The van der Waals surface area contributed by atoms with Gasteiger partial charge in [0, 0.05) is 29.2 Å². The van der Waals surface area contributed by atoms with E-state index >= 15 is 0 Å². The molecule has 37 heavy (non-hydrogen) atoms. The SMILES string of the molecule is CC[C@@H](C(=O)NC)N(Cc1c(Cl)cccc1Cl)C(=O)CN(c1ccc(F)cc1)S(=O)(=O)c1ccccc1. The average Bonchev–Trinajstić information content (AvgIpc) is 2.89. The van der Waals surface area contributed by atoms with Crippen LogP contribution in [0.4, 0.5) is 10.1 Å². The Morgan fingerprint density at radius 3 is 2.08 bits per heavy atom. The molecule has 0 aromatic heterocycles. The second kappa shape index (κ2) is 12.4. The van der Waals surface area contributed by atoms with Crippen LogP contribution in [0, 0.1) is 5.82 Å². The number of carbonyl (C=O) groups is 2. The molecule has 7 nitrogen and oxygen atoms in total. The van der Waals surface area contributed by atoms with Crippen LogP contribution in [0.25, 0.3) is 0 Å². The van der Waals surface area contributed by atoms with Crippen LogP contribution in [0.3, 0.4) is 0 Å². The summed E-state index contributed by atoms with van der Waals surface area (Å²) in [5, 5.41) is 3.13. The Hall–Kier alpha value is -3.14. The van der Waals surface area contributed by atoms with Crippen molar-refractivity contribution in [3.8, 4) is 0 Å². The summed E-state index contributed by atoms with van der Waals surface area (Å²) in [5.41, 5.74) is 0.503. The van der Waals surface area contributed by atoms with Gasteiger partial charge in [0.25, 0.3) is 10.0 Å². The smallest absolute Gasteiger partial charge is 0.264 e. The van der Waals surface area contributed by atoms with Crippen molar-refractivity contribution in [2.45, 2.75) is 30.8 Å². The summed E-state index contributed by atoms with van der Waals surface area (Å²) in [4.78, 5) is 27.7. The number of benzene rings is 3. The Balaban J connectivity index is 2.08. The first-order valence-corrected chi connectivity index (χ1v) is 13.6. The molecule has 0 heterocycles. The van der Waals surface area contributed by atoms with E-state index in [1.54, 1.807) is 43.3 Å². The standard InChI is InChI=1S/C26H26Cl2FN3O4S/c1-3-24(26(34)30-2)31(16-21-22(27)10-7-11-23(21)28)25(33)17-32(19-14-12-18(29)13-15-19)37(35,36)20-8-5-4-6-9-20/h4-15,24H,3,16-17H2,1-2H3,(H,30,34)/t24-/m0/s1. The fourth-order valence-corrected chi connectivity index (χ4v) is 5.75. The van der Waals surface area contributed by atoms with Crippen LogP contribution in [-0.4, -0.2) is 44.8 Å². The first-order valence-electron chi connectivity index (χ1n) is 11.4. The number of hydrogen-bond acceptors (Lipinski definition) is 4. The molecule has 0 aliphatic heterocycles. The van der Waals surface area contributed by atoms with Gasteiger partial charge in [-0.15, -0.1) is 0 Å². The van der Waals surface area contributed by atoms with Crippen molar-refractivity contribution < 1.29 is 22.4 Å². The highest BCUT2D eigenvalue weighted by Gasteiger charge is 2.34. The molecular weight excluding hydrogens is 540 g/mol. The van der Waals surface area contributed by atoms with Crippen LogP contribution in [0.2, 0.25) is 10.0 Å². The zero-order chi connectivity index (χ0) is 27.2. The van der Waals surface area contributed by atoms with Gasteiger partial charge in [0.1, 0.15) is 18.4 Å². The Bertz CT molecular complexity index is 1340. The number of halogens is 3. The van der Waals surface area contributed by atoms with E-state index in [-0.39, 0.29) is 23.5 Å². The number of hydrogen-bond donors (Lipinski definition) is 1. The third-order valence-corrected chi connectivity index (χ3v) is 8.24. The number of carbonyl (C=O) groups excluding carboxylic acids is 2. The van der Waals surface area contributed by atoms with Crippen molar-refractivity contribution in [1.82, 2.24) is 10.2 Å². The lowest BCUT2D eigenvalue weighted by molar-refractivity contribution is -0.140. The van der Waals surface area contributed by atoms with Crippen molar-refractivity contribution in [3.63, 3.8) is 0 Å². The normalized spacial score (nSPS) is 12.0. The number of rotatable bonds is 10. The van der Waals surface area contributed by atoms with E-state index in [0.29, 0.717) is 15.6 Å². The highest BCUT2D eigenvalue weighted by atomic mass is 35.5. The van der Waals surface area contributed by atoms with Crippen LogP contribution in [0.1, 0.15) is 18.9 Å². The van der Waals surface area contributed by atoms with Crippen LogP contribution >= 0.6 is 23.2 Å². The lowest BCUT2D eigenvalue weighted by Crippen LogP contribution is -2.51. The Labute approximate surface area is 225 Å². The minimum atomic E-state index is -4.23. The van der Waals surface area contributed by atoms with Gasteiger partial charge >= 0.3 is 0 Å². The quantitative estimate of drug-likeness (QED) is 0.379. The van der Waals surface area contributed by atoms with Gasteiger partial charge in [-0.1, -0.05) is 54.4 Å². The highest BCUT2D eigenvalue weighted by molar-refractivity contribution is 7.92.